The Labute approximate surface area is 130 Å². The minimum absolute atomic E-state index is 0.0136. The van der Waals surface area contributed by atoms with Crippen molar-refractivity contribution in [3.63, 3.8) is 0 Å². The van der Waals surface area contributed by atoms with Crippen molar-refractivity contribution < 1.29 is 8.42 Å². The highest BCUT2D eigenvalue weighted by atomic mass is 79.9. The molecule has 3 N–H and O–H groups in total. The molecule has 1 aliphatic carbocycles. The molecule has 1 fully saturated rings. The van der Waals surface area contributed by atoms with Crippen molar-refractivity contribution in [3.05, 3.63) is 27.1 Å². The second-order valence-corrected chi connectivity index (χ2v) is 8.26. The fraction of sp³-hybridized carbons (Fsp3) is 0.500. The van der Waals surface area contributed by atoms with Crippen LogP contribution >= 0.6 is 31.9 Å². The van der Waals surface area contributed by atoms with E-state index in [2.05, 4.69) is 36.6 Å². The smallest absolute Gasteiger partial charge is 0.241 e. The molecule has 7 heteroatoms. The molecule has 0 amide bonds. The van der Waals surface area contributed by atoms with Gasteiger partial charge in [0.05, 0.1) is 4.90 Å². The van der Waals surface area contributed by atoms with Crippen LogP contribution in [0.2, 0.25) is 0 Å². The van der Waals surface area contributed by atoms with E-state index < -0.39 is 10.0 Å². The van der Waals surface area contributed by atoms with Crippen molar-refractivity contribution in [1.82, 2.24) is 4.72 Å². The zero-order valence-corrected chi connectivity index (χ0v) is 14.3. The van der Waals surface area contributed by atoms with Crippen LogP contribution in [0.15, 0.2) is 32.0 Å². The summed E-state index contributed by atoms with van der Waals surface area (Å²) in [6, 6.07) is 5.23. The molecule has 0 unspecified atom stereocenters. The number of rotatable bonds is 3. The van der Waals surface area contributed by atoms with Gasteiger partial charge in [-0.05, 0) is 59.8 Å². The van der Waals surface area contributed by atoms with Crippen molar-refractivity contribution in [2.45, 2.75) is 42.7 Å². The monoisotopic (exact) mass is 410 g/mol. The Balaban J connectivity index is 2.14. The van der Waals surface area contributed by atoms with Gasteiger partial charge in [-0.25, -0.2) is 13.1 Å². The predicted octanol–water partition coefficient (Wildman–Crippen LogP) is 2.76. The van der Waals surface area contributed by atoms with Gasteiger partial charge in [0.1, 0.15) is 0 Å². The SMILES string of the molecule is NC1CCC(NS(=O)(=O)c2ccc(Br)cc2Br)CC1. The van der Waals surface area contributed by atoms with Crippen LogP contribution in [0.25, 0.3) is 0 Å². The van der Waals surface area contributed by atoms with E-state index in [4.69, 9.17) is 5.73 Å². The second kappa shape index (κ2) is 6.22. The molecule has 0 heterocycles. The molecule has 0 bridgehead atoms. The van der Waals surface area contributed by atoms with E-state index in [9.17, 15) is 8.42 Å². The van der Waals surface area contributed by atoms with Gasteiger partial charge in [0.15, 0.2) is 0 Å². The maximum Gasteiger partial charge on any atom is 0.241 e. The summed E-state index contributed by atoms with van der Waals surface area (Å²) in [6.45, 7) is 0. The molecule has 1 aromatic carbocycles. The van der Waals surface area contributed by atoms with E-state index in [-0.39, 0.29) is 17.0 Å². The molecule has 106 valence electrons. The maximum absolute atomic E-state index is 12.3. The molecular formula is C12H16Br2N2O2S. The third kappa shape index (κ3) is 4.01. The Morgan fingerprint density at radius 2 is 1.79 bits per heavy atom. The predicted molar refractivity (Wildman–Crippen MR) is 82.4 cm³/mol. The summed E-state index contributed by atoms with van der Waals surface area (Å²) in [5, 5.41) is 0. The summed E-state index contributed by atoms with van der Waals surface area (Å²) in [5.74, 6) is 0. The number of hydrogen-bond donors (Lipinski definition) is 2. The maximum atomic E-state index is 12.3. The molecule has 0 aliphatic heterocycles. The molecule has 2 rings (SSSR count). The van der Waals surface area contributed by atoms with Crippen LogP contribution in [-0.2, 0) is 10.0 Å². The molecule has 1 aromatic rings. The lowest BCUT2D eigenvalue weighted by molar-refractivity contribution is 0.373. The fourth-order valence-electron chi connectivity index (χ4n) is 2.21. The lowest BCUT2D eigenvalue weighted by Crippen LogP contribution is -2.40. The summed E-state index contributed by atoms with van der Waals surface area (Å²) >= 11 is 6.60. The number of sulfonamides is 1. The van der Waals surface area contributed by atoms with Gasteiger partial charge in [0.25, 0.3) is 0 Å². The van der Waals surface area contributed by atoms with E-state index in [0.717, 1.165) is 30.2 Å². The quantitative estimate of drug-likeness (QED) is 0.803. The van der Waals surface area contributed by atoms with Crippen LogP contribution in [0.3, 0.4) is 0 Å². The van der Waals surface area contributed by atoms with Gasteiger partial charge in [-0.3, -0.25) is 0 Å². The number of halogens is 2. The lowest BCUT2D eigenvalue weighted by Gasteiger charge is -2.26. The van der Waals surface area contributed by atoms with Crippen molar-refractivity contribution >= 4 is 41.9 Å². The first-order chi connectivity index (χ1) is 8.88. The molecule has 0 radical (unpaired) electrons. The highest BCUT2D eigenvalue weighted by molar-refractivity contribution is 9.11. The molecule has 4 nitrogen and oxygen atoms in total. The van der Waals surface area contributed by atoms with E-state index in [1.807, 2.05) is 0 Å². The third-order valence-corrected chi connectivity index (χ3v) is 6.27. The Bertz CT molecular complexity index is 555. The molecule has 0 spiro atoms. The fourth-order valence-corrected chi connectivity index (χ4v) is 5.26. The van der Waals surface area contributed by atoms with Crippen LogP contribution in [0.4, 0.5) is 0 Å². The molecule has 1 saturated carbocycles. The van der Waals surface area contributed by atoms with E-state index in [1.54, 1.807) is 18.2 Å². The van der Waals surface area contributed by atoms with Gasteiger partial charge in [0.2, 0.25) is 10.0 Å². The van der Waals surface area contributed by atoms with Crippen molar-refractivity contribution in [2.75, 3.05) is 0 Å². The van der Waals surface area contributed by atoms with Crippen LogP contribution in [0.5, 0.6) is 0 Å². The minimum atomic E-state index is -3.48. The second-order valence-electron chi connectivity index (χ2n) is 4.81. The first-order valence-electron chi connectivity index (χ1n) is 6.11. The van der Waals surface area contributed by atoms with Gasteiger partial charge in [-0.1, -0.05) is 15.9 Å². The molecule has 1 aliphatic rings. The Morgan fingerprint density at radius 3 is 2.37 bits per heavy atom. The van der Waals surface area contributed by atoms with Crippen molar-refractivity contribution in [2.24, 2.45) is 5.73 Å². The Morgan fingerprint density at radius 1 is 1.16 bits per heavy atom. The standard InChI is InChI=1S/C12H16Br2N2O2S/c13-8-1-6-12(11(14)7-8)19(17,18)16-10-4-2-9(15)3-5-10/h1,6-7,9-10,16H,2-5,15H2. The number of nitrogens with two attached hydrogens (primary N) is 1. The van der Waals surface area contributed by atoms with E-state index in [0.29, 0.717) is 4.47 Å². The van der Waals surface area contributed by atoms with Gasteiger partial charge in [0, 0.05) is 21.0 Å². The summed E-state index contributed by atoms with van der Waals surface area (Å²) in [5.41, 5.74) is 5.82. The summed E-state index contributed by atoms with van der Waals surface area (Å²) in [6.07, 6.45) is 3.34. The van der Waals surface area contributed by atoms with Gasteiger partial charge in [-0.15, -0.1) is 0 Å². The highest BCUT2D eigenvalue weighted by Crippen LogP contribution is 2.27. The average molecular weight is 412 g/mol. The van der Waals surface area contributed by atoms with Gasteiger partial charge < -0.3 is 5.73 Å². The van der Waals surface area contributed by atoms with Gasteiger partial charge >= 0.3 is 0 Å². The number of hydrogen-bond acceptors (Lipinski definition) is 3. The van der Waals surface area contributed by atoms with Crippen LogP contribution < -0.4 is 10.5 Å². The van der Waals surface area contributed by atoms with E-state index in [1.165, 1.54) is 0 Å². The number of benzene rings is 1. The van der Waals surface area contributed by atoms with E-state index >= 15 is 0 Å². The molecule has 0 saturated heterocycles. The molecule has 0 aromatic heterocycles. The topological polar surface area (TPSA) is 72.2 Å². The summed E-state index contributed by atoms with van der Waals surface area (Å²) in [7, 11) is -3.48. The molecular weight excluding hydrogens is 396 g/mol. The van der Waals surface area contributed by atoms with Crippen molar-refractivity contribution in [1.29, 1.82) is 0 Å². The largest absolute Gasteiger partial charge is 0.328 e. The zero-order chi connectivity index (χ0) is 14.0. The van der Waals surface area contributed by atoms with Crippen LogP contribution in [-0.4, -0.2) is 20.5 Å². The Kier molecular flexibility index (Phi) is 5.05. The Hall–Kier alpha value is 0.0500. The van der Waals surface area contributed by atoms with Gasteiger partial charge in [-0.2, -0.15) is 0 Å². The number of nitrogens with one attached hydrogen (secondary N) is 1. The van der Waals surface area contributed by atoms with Crippen LogP contribution in [0.1, 0.15) is 25.7 Å². The lowest BCUT2D eigenvalue weighted by atomic mass is 9.93. The molecule has 0 atom stereocenters. The molecule has 19 heavy (non-hydrogen) atoms. The average Bonchev–Trinajstić information content (AvgIpc) is 2.31. The normalized spacial score (nSPS) is 24.4. The first kappa shape index (κ1) is 15.4. The third-order valence-electron chi connectivity index (χ3n) is 3.28. The summed E-state index contributed by atoms with van der Waals surface area (Å²) in [4.78, 5) is 0.269. The van der Waals surface area contributed by atoms with Crippen LogP contribution in [0, 0.1) is 0 Å². The highest BCUT2D eigenvalue weighted by Gasteiger charge is 2.25. The summed E-state index contributed by atoms with van der Waals surface area (Å²) < 4.78 is 28.8. The first-order valence-corrected chi connectivity index (χ1v) is 9.18. The minimum Gasteiger partial charge on any atom is -0.328 e. The zero-order valence-electron chi connectivity index (χ0n) is 10.3. The van der Waals surface area contributed by atoms with Crippen molar-refractivity contribution in [3.8, 4) is 0 Å².